The van der Waals surface area contributed by atoms with Gasteiger partial charge in [-0.2, -0.15) is 0 Å². The van der Waals surface area contributed by atoms with Gasteiger partial charge in [0.1, 0.15) is 0 Å². The summed E-state index contributed by atoms with van der Waals surface area (Å²) in [5.74, 6) is 0.858. The predicted octanol–water partition coefficient (Wildman–Crippen LogP) is 3.48. The van der Waals surface area contributed by atoms with Crippen LogP contribution in [0.2, 0.25) is 10.0 Å². The summed E-state index contributed by atoms with van der Waals surface area (Å²) in [6, 6.07) is 5.70. The highest BCUT2D eigenvalue weighted by atomic mass is 35.5. The van der Waals surface area contributed by atoms with Crippen LogP contribution in [0.4, 0.5) is 0 Å². The lowest BCUT2D eigenvalue weighted by molar-refractivity contribution is 0.169. The van der Waals surface area contributed by atoms with E-state index in [4.69, 9.17) is 23.2 Å². The van der Waals surface area contributed by atoms with Crippen molar-refractivity contribution in [1.82, 2.24) is 0 Å². The normalized spacial score (nSPS) is 27.4. The van der Waals surface area contributed by atoms with Crippen LogP contribution in [0.3, 0.4) is 0 Å². The maximum absolute atomic E-state index is 9.39. The van der Waals surface area contributed by atoms with Crippen molar-refractivity contribution in [1.29, 1.82) is 0 Å². The maximum atomic E-state index is 9.39. The molecule has 14 heavy (non-hydrogen) atoms. The number of benzene rings is 1. The van der Waals surface area contributed by atoms with E-state index in [1.807, 2.05) is 25.1 Å². The molecule has 1 fully saturated rings. The van der Waals surface area contributed by atoms with E-state index in [2.05, 4.69) is 0 Å². The Morgan fingerprint density at radius 1 is 1.36 bits per heavy atom. The first kappa shape index (κ1) is 10.3. The molecule has 0 unspecified atom stereocenters. The number of halogens is 2. The molecule has 0 radical (unpaired) electrons. The van der Waals surface area contributed by atoms with E-state index in [-0.39, 0.29) is 6.10 Å². The van der Waals surface area contributed by atoms with Crippen LogP contribution in [0.5, 0.6) is 0 Å². The quantitative estimate of drug-likeness (QED) is 0.826. The van der Waals surface area contributed by atoms with E-state index in [0.717, 1.165) is 6.42 Å². The molecule has 1 nitrogen and oxygen atoms in total. The highest BCUT2D eigenvalue weighted by molar-refractivity contribution is 6.42. The van der Waals surface area contributed by atoms with Gasteiger partial charge in [0.15, 0.2) is 0 Å². The zero-order valence-electron chi connectivity index (χ0n) is 7.87. The van der Waals surface area contributed by atoms with Crippen LogP contribution in [0, 0.1) is 5.92 Å². The van der Waals surface area contributed by atoms with Crippen LogP contribution in [-0.2, 0) is 0 Å². The smallest absolute Gasteiger partial charge is 0.0595 e. The molecule has 1 aromatic carbocycles. The van der Waals surface area contributed by atoms with Gasteiger partial charge in [-0.05, 0) is 42.9 Å². The number of aliphatic hydroxyl groups is 1. The lowest BCUT2D eigenvalue weighted by Crippen LogP contribution is -2.03. The molecule has 1 aliphatic carbocycles. The molecule has 0 saturated heterocycles. The van der Waals surface area contributed by atoms with Gasteiger partial charge in [-0.1, -0.05) is 29.3 Å². The van der Waals surface area contributed by atoms with Gasteiger partial charge in [0.05, 0.1) is 16.1 Å². The monoisotopic (exact) mass is 230 g/mol. The lowest BCUT2D eigenvalue weighted by Gasteiger charge is -2.04. The Hall–Kier alpha value is -0.240. The van der Waals surface area contributed by atoms with E-state index >= 15 is 0 Å². The molecule has 0 aliphatic heterocycles. The Labute approximate surface area is 93.7 Å². The number of hydrogen-bond donors (Lipinski definition) is 1. The van der Waals surface area contributed by atoms with Crippen molar-refractivity contribution in [2.75, 3.05) is 0 Å². The average molecular weight is 231 g/mol. The zero-order valence-corrected chi connectivity index (χ0v) is 9.39. The number of hydrogen-bond acceptors (Lipinski definition) is 1. The van der Waals surface area contributed by atoms with E-state index in [1.165, 1.54) is 5.56 Å². The molecule has 0 amide bonds. The minimum absolute atomic E-state index is 0.227. The third-order valence-electron chi connectivity index (χ3n) is 2.83. The van der Waals surface area contributed by atoms with Gasteiger partial charge >= 0.3 is 0 Å². The zero-order chi connectivity index (χ0) is 10.3. The second kappa shape index (κ2) is 3.73. The van der Waals surface area contributed by atoms with Crippen LogP contribution in [0.25, 0.3) is 0 Å². The van der Waals surface area contributed by atoms with Crippen molar-refractivity contribution in [2.24, 2.45) is 5.92 Å². The number of rotatable bonds is 2. The van der Waals surface area contributed by atoms with Gasteiger partial charge in [-0.25, -0.2) is 0 Å². The Balaban J connectivity index is 2.16. The van der Waals surface area contributed by atoms with Crippen LogP contribution in [0.1, 0.15) is 24.8 Å². The average Bonchev–Trinajstić information content (AvgIpc) is 2.89. The van der Waals surface area contributed by atoms with Crippen LogP contribution < -0.4 is 0 Å². The third kappa shape index (κ3) is 1.90. The summed E-state index contributed by atoms with van der Waals surface area (Å²) in [5, 5.41) is 10.6. The highest BCUT2D eigenvalue weighted by Gasteiger charge is 2.41. The lowest BCUT2D eigenvalue weighted by atomic mass is 10.1. The molecule has 1 saturated carbocycles. The van der Waals surface area contributed by atoms with Crippen LogP contribution in [0.15, 0.2) is 18.2 Å². The van der Waals surface area contributed by atoms with Crippen molar-refractivity contribution in [3.05, 3.63) is 33.8 Å². The molecular formula is C11H12Cl2O. The van der Waals surface area contributed by atoms with Gasteiger partial charge in [0, 0.05) is 0 Å². The first-order chi connectivity index (χ1) is 6.59. The molecule has 0 spiro atoms. The van der Waals surface area contributed by atoms with E-state index in [1.54, 1.807) is 0 Å². The summed E-state index contributed by atoms with van der Waals surface area (Å²) < 4.78 is 0. The van der Waals surface area contributed by atoms with Crippen molar-refractivity contribution in [3.63, 3.8) is 0 Å². The van der Waals surface area contributed by atoms with Crippen LogP contribution in [-0.4, -0.2) is 11.2 Å². The summed E-state index contributed by atoms with van der Waals surface area (Å²) in [6.45, 7) is 1.84. The maximum Gasteiger partial charge on any atom is 0.0595 e. The molecule has 0 aromatic heterocycles. The van der Waals surface area contributed by atoms with Crippen molar-refractivity contribution in [3.8, 4) is 0 Å². The Kier molecular flexibility index (Phi) is 2.74. The van der Waals surface area contributed by atoms with Gasteiger partial charge in [-0.3, -0.25) is 0 Å². The fourth-order valence-electron chi connectivity index (χ4n) is 1.87. The molecule has 1 N–H and O–H groups in total. The van der Waals surface area contributed by atoms with Gasteiger partial charge in [0.2, 0.25) is 0 Å². The molecule has 1 aliphatic rings. The summed E-state index contributed by atoms with van der Waals surface area (Å²) >= 11 is 11.7. The van der Waals surface area contributed by atoms with Crippen LogP contribution >= 0.6 is 23.2 Å². The summed E-state index contributed by atoms with van der Waals surface area (Å²) in [4.78, 5) is 0. The summed E-state index contributed by atoms with van der Waals surface area (Å²) in [7, 11) is 0. The first-order valence-corrected chi connectivity index (χ1v) is 5.48. The largest absolute Gasteiger partial charge is 0.393 e. The molecule has 3 atom stereocenters. The van der Waals surface area contributed by atoms with E-state index < -0.39 is 0 Å². The minimum atomic E-state index is -0.227. The summed E-state index contributed by atoms with van der Waals surface area (Å²) in [6.07, 6.45) is 0.824. The Morgan fingerprint density at radius 2 is 2.07 bits per heavy atom. The second-order valence-electron chi connectivity index (χ2n) is 3.92. The standard InChI is InChI=1S/C11H12Cl2O/c1-6(14)8-5-9(8)7-2-3-10(12)11(13)4-7/h2-4,6,8-9,14H,5H2,1H3/t6-,8+,9+/m0/s1. The molecule has 2 rings (SSSR count). The minimum Gasteiger partial charge on any atom is -0.393 e. The fraction of sp³-hybridized carbons (Fsp3) is 0.455. The van der Waals surface area contributed by atoms with Gasteiger partial charge < -0.3 is 5.11 Å². The topological polar surface area (TPSA) is 20.2 Å². The van der Waals surface area contributed by atoms with Gasteiger partial charge in [0.25, 0.3) is 0 Å². The first-order valence-electron chi connectivity index (χ1n) is 4.72. The third-order valence-corrected chi connectivity index (χ3v) is 3.57. The highest BCUT2D eigenvalue weighted by Crippen LogP contribution is 2.50. The van der Waals surface area contributed by atoms with Gasteiger partial charge in [-0.15, -0.1) is 0 Å². The molecule has 1 aromatic rings. The SMILES string of the molecule is C[C@H](O)[C@H]1C[C@@H]1c1ccc(Cl)c(Cl)c1. The molecule has 0 heterocycles. The predicted molar refractivity (Wildman–Crippen MR) is 59.0 cm³/mol. The Bertz CT molecular complexity index is 349. The fourth-order valence-corrected chi connectivity index (χ4v) is 2.18. The van der Waals surface area contributed by atoms with Crippen molar-refractivity contribution in [2.45, 2.75) is 25.4 Å². The molecular weight excluding hydrogens is 219 g/mol. The molecule has 3 heteroatoms. The van der Waals surface area contributed by atoms with Crippen molar-refractivity contribution < 1.29 is 5.11 Å². The van der Waals surface area contributed by atoms with E-state index in [0.29, 0.717) is 21.9 Å². The van der Waals surface area contributed by atoms with Crippen molar-refractivity contribution >= 4 is 23.2 Å². The summed E-state index contributed by atoms with van der Waals surface area (Å²) in [5.41, 5.74) is 1.19. The second-order valence-corrected chi connectivity index (χ2v) is 4.73. The number of aliphatic hydroxyl groups excluding tert-OH is 1. The molecule has 0 bridgehead atoms. The van der Waals surface area contributed by atoms with E-state index in [9.17, 15) is 5.11 Å². The Morgan fingerprint density at radius 3 is 2.57 bits per heavy atom. The molecule has 76 valence electrons.